The van der Waals surface area contributed by atoms with Gasteiger partial charge in [-0.2, -0.15) is 0 Å². The molecule has 2 aromatic carbocycles. The number of anilines is 1. The fourth-order valence-corrected chi connectivity index (χ4v) is 8.02. The summed E-state index contributed by atoms with van der Waals surface area (Å²) in [7, 11) is 1.39. The summed E-state index contributed by atoms with van der Waals surface area (Å²) in [6, 6.07) is 8.45. The average molecular weight is 625 g/mol. The number of ether oxygens (including phenoxy) is 1. The second kappa shape index (κ2) is 10.7. The Morgan fingerprint density at radius 1 is 1.11 bits per heavy atom. The molecule has 0 radical (unpaired) electrons. The van der Waals surface area contributed by atoms with Crippen LogP contribution in [0.4, 0.5) is 10.1 Å². The number of imide groups is 2. The second-order valence-corrected chi connectivity index (χ2v) is 12.4. The molecule has 2 heterocycles. The van der Waals surface area contributed by atoms with Gasteiger partial charge in [-0.1, -0.05) is 35.4 Å². The number of rotatable bonds is 7. The number of nitrogens with zero attached hydrogens (tertiary/aromatic N) is 2. The molecule has 230 valence electrons. The molecular formula is C32H30ClFN2O8. The number of phenols is 1. The van der Waals surface area contributed by atoms with Crippen molar-refractivity contribution in [3.05, 3.63) is 64.5 Å². The summed E-state index contributed by atoms with van der Waals surface area (Å²) in [6.07, 6.45) is 2.05. The number of hydrogen-bond acceptors (Lipinski definition) is 7. The van der Waals surface area contributed by atoms with Crippen LogP contribution in [0.2, 0.25) is 5.02 Å². The molecule has 6 atom stereocenters. The number of para-hydroxylation sites is 1. The lowest BCUT2D eigenvalue weighted by Crippen LogP contribution is -2.48. The van der Waals surface area contributed by atoms with Crippen LogP contribution < -0.4 is 9.64 Å². The normalized spacial score (nSPS) is 29.4. The Morgan fingerprint density at radius 2 is 1.86 bits per heavy atom. The van der Waals surface area contributed by atoms with Crippen molar-refractivity contribution in [1.82, 2.24) is 4.90 Å². The Balaban J connectivity index is 1.48. The quantitative estimate of drug-likeness (QED) is 0.343. The molecule has 4 amide bonds. The van der Waals surface area contributed by atoms with Crippen LogP contribution in [0.5, 0.6) is 11.5 Å². The third kappa shape index (κ3) is 4.23. The minimum atomic E-state index is -1.43. The fraction of sp³-hybridized carbons (Fsp3) is 0.406. The topological polar surface area (TPSA) is 142 Å². The van der Waals surface area contributed by atoms with E-state index in [0.717, 1.165) is 15.9 Å². The smallest absolute Gasteiger partial charge is 0.303 e. The summed E-state index contributed by atoms with van der Waals surface area (Å²) in [6.45, 7) is 1.63. The van der Waals surface area contributed by atoms with Crippen molar-refractivity contribution in [3.63, 3.8) is 0 Å². The van der Waals surface area contributed by atoms with E-state index >= 15 is 0 Å². The van der Waals surface area contributed by atoms with Crippen LogP contribution in [0.15, 0.2) is 48.0 Å². The molecule has 6 unspecified atom stereocenters. The molecule has 2 aliphatic carbocycles. The first-order valence-electron chi connectivity index (χ1n) is 14.4. The molecule has 2 N–H and O–H groups in total. The van der Waals surface area contributed by atoms with E-state index in [1.165, 1.54) is 19.2 Å². The van der Waals surface area contributed by atoms with Crippen molar-refractivity contribution >= 4 is 46.9 Å². The third-order valence-corrected chi connectivity index (χ3v) is 10.2. The highest BCUT2D eigenvalue weighted by Crippen LogP contribution is 2.64. The van der Waals surface area contributed by atoms with E-state index in [9.17, 15) is 33.5 Å². The van der Waals surface area contributed by atoms with Gasteiger partial charge in [-0.05, 0) is 56.4 Å². The van der Waals surface area contributed by atoms with E-state index in [2.05, 4.69) is 0 Å². The maximum absolute atomic E-state index is 14.4. The summed E-state index contributed by atoms with van der Waals surface area (Å²) in [5.41, 5.74) is -0.324. The molecule has 0 aromatic heterocycles. The van der Waals surface area contributed by atoms with E-state index in [1.807, 2.05) is 6.08 Å². The maximum atomic E-state index is 14.4. The van der Waals surface area contributed by atoms with Gasteiger partial charge in [0.25, 0.3) is 0 Å². The number of halogens is 2. The number of likely N-dealkylation sites (tertiary alicyclic amines) is 1. The maximum Gasteiger partial charge on any atom is 0.303 e. The molecule has 3 fully saturated rings. The average Bonchev–Trinajstić information content (AvgIpc) is 3.34. The Bertz CT molecular complexity index is 1660. The number of fused-ring (bicyclic) bond motifs is 4. The van der Waals surface area contributed by atoms with Crippen LogP contribution in [-0.4, -0.2) is 58.4 Å². The second-order valence-electron chi connectivity index (χ2n) is 12.0. The van der Waals surface area contributed by atoms with Gasteiger partial charge in [0, 0.05) is 24.4 Å². The molecule has 1 saturated carbocycles. The third-order valence-electron chi connectivity index (χ3n) is 9.86. The van der Waals surface area contributed by atoms with Gasteiger partial charge < -0.3 is 14.9 Å². The Morgan fingerprint density at radius 3 is 2.55 bits per heavy atom. The molecule has 6 rings (SSSR count). The first-order chi connectivity index (χ1) is 20.9. The van der Waals surface area contributed by atoms with Gasteiger partial charge >= 0.3 is 5.97 Å². The summed E-state index contributed by atoms with van der Waals surface area (Å²) >= 11 is 6.02. The van der Waals surface area contributed by atoms with Crippen LogP contribution in [0, 0.1) is 34.9 Å². The fourth-order valence-electron chi connectivity index (χ4n) is 7.84. The molecule has 44 heavy (non-hydrogen) atoms. The first kappa shape index (κ1) is 29.8. The number of methoxy groups -OCH3 is 1. The lowest BCUT2D eigenvalue weighted by molar-refractivity contribution is -0.142. The monoisotopic (exact) mass is 624 g/mol. The molecule has 0 bridgehead atoms. The van der Waals surface area contributed by atoms with Crippen molar-refractivity contribution in [3.8, 4) is 11.5 Å². The molecule has 10 nitrogen and oxygen atoms in total. The van der Waals surface area contributed by atoms with E-state index in [-0.39, 0.29) is 60.3 Å². The molecule has 12 heteroatoms. The van der Waals surface area contributed by atoms with Gasteiger partial charge in [0.1, 0.15) is 5.82 Å². The summed E-state index contributed by atoms with van der Waals surface area (Å²) in [5.74, 6) is -7.68. The van der Waals surface area contributed by atoms with Gasteiger partial charge in [0.15, 0.2) is 11.5 Å². The van der Waals surface area contributed by atoms with E-state index in [4.69, 9.17) is 21.4 Å². The molecule has 4 aliphatic rings. The highest BCUT2D eigenvalue weighted by atomic mass is 35.5. The standard InChI is InChI=1S/C32H30ClFN2O8/c1-32-20(29(41)36(31(32)43)15-8-11-22(34)21(33)13-15)14-19-16(26(32)18-5-3-6-23(44-2)27(18)39)9-10-17-25(19)30(42)35(28(17)40)12-4-7-24(37)38/h3,5-6,8-9,11,13,17,19-20,25-26,39H,4,7,10,12,14H2,1-2H3,(H,37,38). The molecule has 2 saturated heterocycles. The predicted molar refractivity (Wildman–Crippen MR) is 154 cm³/mol. The summed E-state index contributed by atoms with van der Waals surface area (Å²) in [5, 5.41) is 20.1. The number of hydrogen-bond donors (Lipinski definition) is 2. The van der Waals surface area contributed by atoms with Gasteiger partial charge in [-0.25, -0.2) is 9.29 Å². The van der Waals surface area contributed by atoms with E-state index in [0.29, 0.717) is 11.1 Å². The van der Waals surface area contributed by atoms with E-state index < -0.39 is 64.5 Å². The van der Waals surface area contributed by atoms with E-state index in [1.54, 1.807) is 25.1 Å². The number of carboxylic acid groups (broad SMARTS) is 1. The van der Waals surface area contributed by atoms with Crippen LogP contribution in [0.1, 0.15) is 44.1 Å². The lowest BCUT2D eigenvalue weighted by atomic mass is 9.51. The number of aromatic hydroxyl groups is 1. The van der Waals surface area contributed by atoms with Crippen molar-refractivity contribution in [1.29, 1.82) is 0 Å². The van der Waals surface area contributed by atoms with Crippen molar-refractivity contribution in [2.75, 3.05) is 18.6 Å². The largest absolute Gasteiger partial charge is 0.504 e. The zero-order valence-electron chi connectivity index (χ0n) is 24.0. The van der Waals surface area contributed by atoms with Gasteiger partial charge in [-0.15, -0.1) is 0 Å². The highest BCUT2D eigenvalue weighted by molar-refractivity contribution is 6.31. The van der Waals surface area contributed by atoms with Gasteiger partial charge in [0.05, 0.1) is 41.0 Å². The number of benzene rings is 2. The van der Waals surface area contributed by atoms with Gasteiger partial charge in [-0.3, -0.25) is 28.9 Å². The highest BCUT2D eigenvalue weighted by Gasteiger charge is 2.68. The Hall–Kier alpha value is -4.25. The Kier molecular flexibility index (Phi) is 7.27. The van der Waals surface area contributed by atoms with Crippen molar-refractivity contribution in [2.24, 2.45) is 29.1 Å². The number of carbonyl (C=O) groups excluding carboxylic acids is 4. The summed E-state index contributed by atoms with van der Waals surface area (Å²) < 4.78 is 19.4. The number of phenolic OH excluding ortho intramolecular Hbond substituents is 1. The first-order valence-corrected chi connectivity index (χ1v) is 14.8. The Labute approximate surface area is 257 Å². The van der Waals surface area contributed by atoms with Crippen LogP contribution in [0.25, 0.3) is 0 Å². The van der Waals surface area contributed by atoms with Crippen molar-refractivity contribution < 1.29 is 43.3 Å². The lowest BCUT2D eigenvalue weighted by Gasteiger charge is -2.49. The number of carbonyl (C=O) groups is 5. The number of carboxylic acids is 1. The number of aliphatic carboxylic acids is 1. The molecule has 2 aliphatic heterocycles. The zero-order valence-corrected chi connectivity index (χ0v) is 24.7. The minimum Gasteiger partial charge on any atom is -0.504 e. The number of allylic oxidation sites excluding steroid dienone is 2. The van der Waals surface area contributed by atoms with Crippen LogP contribution in [-0.2, 0) is 24.0 Å². The van der Waals surface area contributed by atoms with Crippen LogP contribution >= 0.6 is 11.6 Å². The number of amides is 4. The molecule has 0 spiro atoms. The van der Waals surface area contributed by atoms with Gasteiger partial charge in [0.2, 0.25) is 23.6 Å². The van der Waals surface area contributed by atoms with Crippen LogP contribution in [0.3, 0.4) is 0 Å². The minimum absolute atomic E-state index is 0.0310. The predicted octanol–water partition coefficient (Wildman–Crippen LogP) is 4.29. The van der Waals surface area contributed by atoms with Crippen molar-refractivity contribution in [2.45, 2.75) is 38.5 Å². The zero-order chi connectivity index (χ0) is 31.7. The SMILES string of the molecule is COc1cccc(C2C3=CCC4C(=O)N(CCCC(=O)O)C(=O)C4C3CC3C(=O)N(c4ccc(F)c(Cl)c4)C(=O)C32C)c1O. The summed E-state index contributed by atoms with van der Waals surface area (Å²) in [4.78, 5) is 69.0. The molecular weight excluding hydrogens is 595 g/mol. The molecule has 2 aromatic rings.